The minimum Gasteiger partial charge on any atom is -0.452 e. The quantitative estimate of drug-likeness (QED) is 0.738. The van der Waals surface area contributed by atoms with E-state index >= 15 is 0 Å². The van der Waals surface area contributed by atoms with E-state index in [2.05, 4.69) is 10.1 Å². The fraction of sp³-hybridized carbons (Fsp3) is 0.200. The topological polar surface area (TPSA) is 48.2 Å². The number of ether oxygens (including phenoxy) is 1. The van der Waals surface area contributed by atoms with Gasteiger partial charge in [-0.15, -0.1) is 0 Å². The third-order valence-corrected chi connectivity index (χ3v) is 1.83. The molecule has 0 fully saturated rings. The van der Waals surface area contributed by atoms with E-state index in [1.54, 1.807) is 0 Å². The van der Waals surface area contributed by atoms with Crippen LogP contribution < -0.4 is 4.74 Å². The van der Waals surface area contributed by atoms with Gasteiger partial charge in [-0.2, -0.15) is 4.98 Å². The maximum Gasteiger partial charge on any atom is 0.417 e. The summed E-state index contributed by atoms with van der Waals surface area (Å²) in [6, 6.07) is 9.96. The van der Waals surface area contributed by atoms with Crippen LogP contribution in [0.15, 0.2) is 34.9 Å². The fourth-order valence-corrected chi connectivity index (χ4v) is 1.17. The highest BCUT2D eigenvalue weighted by atomic mass is 16.6. The first-order valence-electron chi connectivity index (χ1n) is 4.29. The number of hydrogen-bond acceptors (Lipinski definition) is 4. The Labute approximate surface area is 81.5 Å². The molecule has 4 nitrogen and oxygen atoms in total. The third-order valence-electron chi connectivity index (χ3n) is 1.83. The Balaban J connectivity index is 2.11. The molecule has 0 aliphatic rings. The SMILES string of the molecule is COc1nc(Cc2ccccc2)no1. The Hall–Kier alpha value is -1.84. The molecule has 0 N–H and O–H groups in total. The van der Waals surface area contributed by atoms with Gasteiger partial charge >= 0.3 is 6.08 Å². The van der Waals surface area contributed by atoms with Crippen LogP contribution in [0.1, 0.15) is 11.4 Å². The molecule has 1 aromatic heterocycles. The van der Waals surface area contributed by atoms with Crippen molar-refractivity contribution < 1.29 is 9.26 Å². The molecule has 0 spiro atoms. The summed E-state index contributed by atoms with van der Waals surface area (Å²) in [4.78, 5) is 4.02. The number of nitrogens with zero attached hydrogens (tertiary/aromatic N) is 2. The summed E-state index contributed by atoms with van der Waals surface area (Å²) in [6.45, 7) is 0. The van der Waals surface area contributed by atoms with Gasteiger partial charge < -0.3 is 4.74 Å². The van der Waals surface area contributed by atoms with Crippen molar-refractivity contribution in [1.82, 2.24) is 10.1 Å². The number of benzene rings is 1. The molecule has 4 heteroatoms. The molecule has 0 saturated heterocycles. The standard InChI is InChI=1S/C10H10N2O2/c1-13-10-11-9(12-14-10)7-8-5-3-2-4-6-8/h2-6H,7H2,1H3. The highest BCUT2D eigenvalue weighted by Gasteiger charge is 2.05. The molecular weight excluding hydrogens is 180 g/mol. The van der Waals surface area contributed by atoms with Gasteiger partial charge in [0.2, 0.25) is 0 Å². The molecule has 1 aromatic carbocycles. The first-order chi connectivity index (χ1) is 6.88. The Morgan fingerprint density at radius 1 is 1.29 bits per heavy atom. The average molecular weight is 190 g/mol. The highest BCUT2D eigenvalue weighted by Crippen LogP contribution is 2.09. The molecule has 72 valence electrons. The first-order valence-corrected chi connectivity index (χ1v) is 4.29. The molecule has 2 aromatic rings. The zero-order valence-corrected chi connectivity index (χ0v) is 7.80. The van der Waals surface area contributed by atoms with Crippen molar-refractivity contribution in [1.29, 1.82) is 0 Å². The van der Waals surface area contributed by atoms with Crippen LogP contribution in [0.4, 0.5) is 0 Å². The molecule has 0 unspecified atom stereocenters. The van der Waals surface area contributed by atoms with Gasteiger partial charge in [0.25, 0.3) is 0 Å². The molecule has 0 bridgehead atoms. The lowest BCUT2D eigenvalue weighted by molar-refractivity contribution is 0.250. The second-order valence-electron chi connectivity index (χ2n) is 2.84. The molecular formula is C10H10N2O2. The zero-order chi connectivity index (χ0) is 9.80. The van der Waals surface area contributed by atoms with Crippen LogP contribution in [-0.2, 0) is 6.42 Å². The van der Waals surface area contributed by atoms with Crippen LogP contribution in [0.3, 0.4) is 0 Å². The lowest BCUT2D eigenvalue weighted by Crippen LogP contribution is -1.90. The molecule has 0 saturated carbocycles. The number of aromatic nitrogens is 2. The molecule has 0 radical (unpaired) electrons. The van der Waals surface area contributed by atoms with Gasteiger partial charge in [0.1, 0.15) is 0 Å². The monoisotopic (exact) mass is 190 g/mol. The number of rotatable bonds is 3. The average Bonchev–Trinajstić information content (AvgIpc) is 2.67. The molecule has 0 atom stereocenters. The van der Waals surface area contributed by atoms with E-state index in [-0.39, 0.29) is 6.08 Å². The van der Waals surface area contributed by atoms with E-state index in [1.807, 2.05) is 30.3 Å². The second-order valence-corrected chi connectivity index (χ2v) is 2.84. The van der Waals surface area contributed by atoms with Crippen molar-refractivity contribution >= 4 is 0 Å². The van der Waals surface area contributed by atoms with E-state index in [0.29, 0.717) is 12.2 Å². The summed E-state index contributed by atoms with van der Waals surface area (Å²) in [5.41, 5.74) is 1.15. The van der Waals surface area contributed by atoms with Crippen LogP contribution in [0.2, 0.25) is 0 Å². The van der Waals surface area contributed by atoms with Crippen LogP contribution in [0.25, 0.3) is 0 Å². The summed E-state index contributed by atoms with van der Waals surface area (Å²) in [5, 5.41) is 3.77. The van der Waals surface area contributed by atoms with Crippen molar-refractivity contribution in [2.75, 3.05) is 7.11 Å². The summed E-state index contributed by atoms with van der Waals surface area (Å²) in [6.07, 6.45) is 0.865. The predicted molar refractivity (Wildman–Crippen MR) is 50.1 cm³/mol. The molecule has 1 heterocycles. The predicted octanol–water partition coefficient (Wildman–Crippen LogP) is 1.67. The van der Waals surface area contributed by atoms with Crippen molar-refractivity contribution in [3.05, 3.63) is 41.7 Å². The van der Waals surface area contributed by atoms with Gasteiger partial charge in [0, 0.05) is 6.42 Å². The van der Waals surface area contributed by atoms with E-state index in [0.717, 1.165) is 5.56 Å². The van der Waals surface area contributed by atoms with E-state index in [4.69, 9.17) is 9.26 Å². The van der Waals surface area contributed by atoms with Crippen molar-refractivity contribution in [2.24, 2.45) is 0 Å². The van der Waals surface area contributed by atoms with E-state index in [9.17, 15) is 0 Å². The summed E-state index contributed by atoms with van der Waals surface area (Å²) >= 11 is 0. The molecule has 0 amide bonds. The van der Waals surface area contributed by atoms with Gasteiger partial charge in [0.15, 0.2) is 5.82 Å². The lowest BCUT2D eigenvalue weighted by Gasteiger charge is -1.93. The van der Waals surface area contributed by atoms with Crippen LogP contribution in [0.5, 0.6) is 6.08 Å². The van der Waals surface area contributed by atoms with Gasteiger partial charge in [-0.05, 0) is 5.56 Å². The largest absolute Gasteiger partial charge is 0.452 e. The minimum atomic E-state index is 0.205. The normalized spacial score (nSPS) is 10.1. The smallest absolute Gasteiger partial charge is 0.417 e. The van der Waals surface area contributed by atoms with Gasteiger partial charge in [-0.25, -0.2) is 0 Å². The van der Waals surface area contributed by atoms with Crippen LogP contribution in [0, 0.1) is 0 Å². The van der Waals surface area contributed by atoms with Crippen LogP contribution >= 0.6 is 0 Å². The van der Waals surface area contributed by atoms with E-state index < -0.39 is 0 Å². The summed E-state index contributed by atoms with van der Waals surface area (Å²) in [5.74, 6) is 0.632. The Kier molecular flexibility index (Phi) is 2.44. The minimum absolute atomic E-state index is 0.205. The van der Waals surface area contributed by atoms with E-state index in [1.165, 1.54) is 7.11 Å². The van der Waals surface area contributed by atoms with Crippen molar-refractivity contribution in [3.63, 3.8) is 0 Å². The lowest BCUT2D eigenvalue weighted by atomic mass is 10.1. The molecule has 14 heavy (non-hydrogen) atoms. The molecule has 0 aliphatic heterocycles. The number of methoxy groups -OCH3 is 1. The Morgan fingerprint density at radius 2 is 2.07 bits per heavy atom. The molecule has 2 rings (SSSR count). The summed E-state index contributed by atoms with van der Waals surface area (Å²) < 4.78 is 9.59. The van der Waals surface area contributed by atoms with Crippen molar-refractivity contribution in [3.8, 4) is 6.08 Å². The van der Waals surface area contributed by atoms with Gasteiger partial charge in [-0.3, -0.25) is 4.52 Å². The maximum absolute atomic E-state index is 4.80. The molecule has 0 aliphatic carbocycles. The third kappa shape index (κ3) is 1.90. The zero-order valence-electron chi connectivity index (χ0n) is 7.80. The second kappa shape index (κ2) is 3.91. The number of hydrogen-bond donors (Lipinski definition) is 0. The Bertz CT molecular complexity index is 398. The first kappa shape index (κ1) is 8.74. The van der Waals surface area contributed by atoms with Crippen LogP contribution in [-0.4, -0.2) is 17.3 Å². The van der Waals surface area contributed by atoms with Crippen molar-refractivity contribution in [2.45, 2.75) is 6.42 Å². The maximum atomic E-state index is 4.80. The highest BCUT2D eigenvalue weighted by molar-refractivity contribution is 5.18. The van der Waals surface area contributed by atoms with Gasteiger partial charge in [0.05, 0.1) is 7.11 Å². The summed E-state index contributed by atoms with van der Waals surface area (Å²) in [7, 11) is 1.50. The Morgan fingerprint density at radius 3 is 2.71 bits per heavy atom. The fourth-order valence-electron chi connectivity index (χ4n) is 1.17. The van der Waals surface area contributed by atoms with Gasteiger partial charge in [-0.1, -0.05) is 35.5 Å².